The fourth-order valence-corrected chi connectivity index (χ4v) is 2.26. The Bertz CT molecular complexity index is 546. The van der Waals surface area contributed by atoms with Crippen LogP contribution in [0.15, 0.2) is 29.2 Å². The molecule has 0 aliphatic rings. The molecule has 0 saturated heterocycles. The van der Waals surface area contributed by atoms with Crippen molar-refractivity contribution in [1.29, 1.82) is 0 Å². The summed E-state index contributed by atoms with van der Waals surface area (Å²) in [6.07, 6.45) is 2.13. The smallest absolute Gasteiger partial charge is 0.238 e. The van der Waals surface area contributed by atoms with Gasteiger partial charge < -0.3 is 11.1 Å². The van der Waals surface area contributed by atoms with Crippen molar-refractivity contribution in [3.05, 3.63) is 29.8 Å². The maximum atomic E-state index is 11.6. The van der Waals surface area contributed by atoms with Crippen LogP contribution in [0.3, 0.4) is 0 Å². The molecular formula is C13H22ClN3O3S. The molecule has 0 radical (unpaired) electrons. The van der Waals surface area contributed by atoms with Crippen molar-refractivity contribution in [2.75, 3.05) is 6.54 Å². The lowest BCUT2D eigenvalue weighted by Gasteiger charge is -2.11. The maximum absolute atomic E-state index is 11.6. The molecule has 0 aliphatic heterocycles. The summed E-state index contributed by atoms with van der Waals surface area (Å²) in [7, 11) is -3.66. The molecule has 6 nitrogen and oxygen atoms in total. The van der Waals surface area contributed by atoms with E-state index in [0.29, 0.717) is 19.4 Å². The first-order valence-corrected chi connectivity index (χ1v) is 8.04. The number of hydrogen-bond acceptors (Lipinski definition) is 4. The summed E-state index contributed by atoms with van der Waals surface area (Å²) in [5.74, 6) is -0.159. The lowest BCUT2D eigenvalue weighted by Crippen LogP contribution is -2.41. The van der Waals surface area contributed by atoms with E-state index in [1.54, 1.807) is 12.1 Å². The summed E-state index contributed by atoms with van der Waals surface area (Å²) in [5, 5.41) is 7.76. The molecular weight excluding hydrogens is 314 g/mol. The third-order valence-electron chi connectivity index (χ3n) is 2.90. The van der Waals surface area contributed by atoms with Gasteiger partial charge in [0.25, 0.3) is 0 Å². The van der Waals surface area contributed by atoms with Crippen LogP contribution in [0.5, 0.6) is 0 Å². The van der Waals surface area contributed by atoms with Gasteiger partial charge in [-0.1, -0.05) is 25.5 Å². The van der Waals surface area contributed by atoms with Gasteiger partial charge in [-0.3, -0.25) is 4.79 Å². The largest absolute Gasteiger partial charge is 0.354 e. The van der Waals surface area contributed by atoms with E-state index in [1.165, 1.54) is 12.1 Å². The zero-order valence-electron chi connectivity index (χ0n) is 11.9. The van der Waals surface area contributed by atoms with E-state index in [2.05, 4.69) is 5.32 Å². The summed E-state index contributed by atoms with van der Waals surface area (Å²) in [5.41, 5.74) is 6.60. The first kappa shape index (κ1) is 19.9. The van der Waals surface area contributed by atoms with Gasteiger partial charge in [0.05, 0.1) is 10.9 Å². The van der Waals surface area contributed by atoms with Crippen molar-refractivity contribution in [3.8, 4) is 0 Å². The molecule has 0 spiro atoms. The Hall–Kier alpha value is -1.15. The van der Waals surface area contributed by atoms with Crippen molar-refractivity contribution in [2.45, 2.75) is 37.1 Å². The predicted molar refractivity (Wildman–Crippen MR) is 84.7 cm³/mol. The number of amides is 1. The van der Waals surface area contributed by atoms with Crippen LogP contribution in [0.25, 0.3) is 0 Å². The molecule has 0 fully saturated rings. The Balaban J connectivity index is 0.00000400. The second kappa shape index (κ2) is 8.99. The number of primary sulfonamides is 1. The van der Waals surface area contributed by atoms with Crippen molar-refractivity contribution in [1.82, 2.24) is 5.32 Å². The Kier molecular flexibility index (Phi) is 8.50. The lowest BCUT2D eigenvalue weighted by molar-refractivity contribution is -0.122. The Morgan fingerprint density at radius 2 is 1.86 bits per heavy atom. The van der Waals surface area contributed by atoms with E-state index in [1.807, 2.05) is 6.92 Å². The van der Waals surface area contributed by atoms with E-state index in [-0.39, 0.29) is 23.2 Å². The minimum Gasteiger partial charge on any atom is -0.354 e. The monoisotopic (exact) mass is 335 g/mol. The zero-order chi connectivity index (χ0) is 15.2. The highest BCUT2D eigenvalue weighted by atomic mass is 35.5. The van der Waals surface area contributed by atoms with E-state index < -0.39 is 16.1 Å². The van der Waals surface area contributed by atoms with Crippen LogP contribution >= 0.6 is 12.4 Å². The molecule has 8 heteroatoms. The SMILES string of the molecule is CCCC(N)C(=O)NCCc1ccc(S(N)(=O)=O)cc1.Cl. The molecule has 0 aliphatic carbocycles. The molecule has 21 heavy (non-hydrogen) atoms. The molecule has 0 saturated carbocycles. The minimum atomic E-state index is -3.66. The van der Waals surface area contributed by atoms with Gasteiger partial charge in [0.1, 0.15) is 0 Å². The number of nitrogens with one attached hydrogen (secondary N) is 1. The quantitative estimate of drug-likeness (QED) is 0.674. The normalized spacial score (nSPS) is 12.3. The molecule has 1 atom stereocenters. The number of benzene rings is 1. The highest BCUT2D eigenvalue weighted by Crippen LogP contribution is 2.08. The van der Waals surface area contributed by atoms with Gasteiger partial charge in [0.2, 0.25) is 15.9 Å². The van der Waals surface area contributed by atoms with Crippen LogP contribution in [-0.2, 0) is 21.2 Å². The van der Waals surface area contributed by atoms with E-state index in [0.717, 1.165) is 12.0 Å². The lowest BCUT2D eigenvalue weighted by atomic mass is 10.1. The number of rotatable bonds is 7. The molecule has 1 aromatic rings. The van der Waals surface area contributed by atoms with Gasteiger partial charge in [0.15, 0.2) is 0 Å². The molecule has 1 unspecified atom stereocenters. The summed E-state index contributed by atoms with van der Waals surface area (Å²) in [4.78, 5) is 11.7. The Labute approximate surface area is 131 Å². The van der Waals surface area contributed by atoms with Gasteiger partial charge in [-0.05, 0) is 30.5 Å². The highest BCUT2D eigenvalue weighted by Gasteiger charge is 2.11. The molecule has 1 amide bonds. The van der Waals surface area contributed by atoms with E-state index >= 15 is 0 Å². The molecule has 120 valence electrons. The average Bonchev–Trinajstić information content (AvgIpc) is 2.38. The van der Waals surface area contributed by atoms with Crippen molar-refractivity contribution >= 4 is 28.3 Å². The average molecular weight is 336 g/mol. The zero-order valence-corrected chi connectivity index (χ0v) is 13.5. The van der Waals surface area contributed by atoms with Crippen LogP contribution in [0.4, 0.5) is 0 Å². The second-order valence-corrected chi connectivity index (χ2v) is 6.19. The molecule has 0 heterocycles. The van der Waals surface area contributed by atoms with Gasteiger partial charge in [-0.15, -0.1) is 12.4 Å². The third-order valence-corrected chi connectivity index (χ3v) is 3.83. The van der Waals surface area contributed by atoms with Crippen molar-refractivity contribution < 1.29 is 13.2 Å². The summed E-state index contributed by atoms with van der Waals surface area (Å²) < 4.78 is 22.2. The van der Waals surface area contributed by atoms with Crippen LogP contribution in [0.2, 0.25) is 0 Å². The first-order chi connectivity index (χ1) is 9.34. The molecule has 0 aromatic heterocycles. The topological polar surface area (TPSA) is 115 Å². The summed E-state index contributed by atoms with van der Waals surface area (Å²) in [6, 6.07) is 5.80. The summed E-state index contributed by atoms with van der Waals surface area (Å²) in [6.45, 7) is 2.44. The van der Waals surface area contributed by atoms with Crippen molar-refractivity contribution in [2.24, 2.45) is 10.9 Å². The number of nitrogens with two attached hydrogens (primary N) is 2. The van der Waals surface area contributed by atoms with Crippen LogP contribution < -0.4 is 16.2 Å². The molecule has 5 N–H and O–H groups in total. The predicted octanol–water partition coefficient (Wildman–Crippen LogP) is 0.542. The van der Waals surface area contributed by atoms with Crippen LogP contribution in [0, 0.1) is 0 Å². The minimum absolute atomic E-state index is 0. The number of sulfonamides is 1. The van der Waals surface area contributed by atoms with Crippen LogP contribution in [0.1, 0.15) is 25.3 Å². The van der Waals surface area contributed by atoms with Gasteiger partial charge in [-0.2, -0.15) is 0 Å². The van der Waals surface area contributed by atoms with Crippen molar-refractivity contribution in [3.63, 3.8) is 0 Å². The first-order valence-electron chi connectivity index (χ1n) is 6.49. The van der Waals surface area contributed by atoms with Gasteiger partial charge >= 0.3 is 0 Å². The number of carbonyl (C=O) groups excluding carboxylic acids is 1. The second-order valence-electron chi connectivity index (χ2n) is 4.63. The number of hydrogen-bond donors (Lipinski definition) is 3. The van der Waals surface area contributed by atoms with E-state index in [9.17, 15) is 13.2 Å². The van der Waals surface area contributed by atoms with Gasteiger partial charge in [0, 0.05) is 6.54 Å². The van der Waals surface area contributed by atoms with Crippen LogP contribution in [-0.4, -0.2) is 26.9 Å². The number of carbonyl (C=O) groups is 1. The third kappa shape index (κ3) is 6.90. The molecule has 0 bridgehead atoms. The number of halogens is 1. The fourth-order valence-electron chi connectivity index (χ4n) is 1.75. The van der Waals surface area contributed by atoms with E-state index in [4.69, 9.17) is 10.9 Å². The Morgan fingerprint density at radius 1 is 1.29 bits per heavy atom. The Morgan fingerprint density at radius 3 is 2.33 bits per heavy atom. The maximum Gasteiger partial charge on any atom is 0.238 e. The molecule has 1 rings (SSSR count). The summed E-state index contributed by atoms with van der Waals surface area (Å²) >= 11 is 0. The fraction of sp³-hybridized carbons (Fsp3) is 0.462. The standard InChI is InChI=1S/C13H21N3O3S.ClH/c1-2-3-12(14)13(17)16-9-8-10-4-6-11(7-5-10)20(15,18)19;/h4-7,12H,2-3,8-9,14H2,1H3,(H,16,17)(H2,15,18,19);1H. The van der Waals surface area contributed by atoms with Gasteiger partial charge in [-0.25, -0.2) is 13.6 Å². The molecule has 1 aromatic carbocycles. The highest BCUT2D eigenvalue weighted by molar-refractivity contribution is 7.89.